The lowest BCUT2D eigenvalue weighted by Crippen LogP contribution is -2.26. The van der Waals surface area contributed by atoms with Gasteiger partial charge in [-0.1, -0.05) is 0 Å². The maximum absolute atomic E-state index is 13.9. The van der Waals surface area contributed by atoms with Gasteiger partial charge in [0.05, 0.1) is 16.4 Å². The summed E-state index contributed by atoms with van der Waals surface area (Å²) in [6.07, 6.45) is -3.91. The van der Waals surface area contributed by atoms with Crippen LogP contribution in [0.1, 0.15) is 31.1 Å². The standard InChI is InChI=1S/C15H14F5NO4S/c1-13(2,6-21)7-25-9-3-4-10(26(23,24)15(18,19)20)11-8(9)5-14(16,17)12(11)22/h3-4,12,22H,5,7H2,1-2H3. The number of aliphatic hydroxyl groups is 1. The number of hydrogen-bond donors (Lipinski definition) is 1. The summed E-state index contributed by atoms with van der Waals surface area (Å²) in [6, 6.07) is 3.18. The monoisotopic (exact) mass is 399 g/mol. The van der Waals surface area contributed by atoms with E-state index in [0.717, 1.165) is 6.07 Å². The Hall–Kier alpha value is -1.93. The molecule has 1 aromatic rings. The molecule has 0 aromatic heterocycles. The maximum atomic E-state index is 13.9. The van der Waals surface area contributed by atoms with Gasteiger partial charge in [-0.25, -0.2) is 17.2 Å². The highest BCUT2D eigenvalue weighted by Crippen LogP contribution is 2.50. The predicted octanol–water partition coefficient (Wildman–Crippen LogP) is 3.13. The molecule has 1 unspecified atom stereocenters. The summed E-state index contributed by atoms with van der Waals surface area (Å²) in [5.41, 5.74) is -8.30. The van der Waals surface area contributed by atoms with Gasteiger partial charge in [0.1, 0.15) is 18.5 Å². The Morgan fingerprint density at radius 2 is 1.92 bits per heavy atom. The first kappa shape index (κ1) is 20.4. The highest BCUT2D eigenvalue weighted by molar-refractivity contribution is 7.92. The Morgan fingerprint density at radius 3 is 2.42 bits per heavy atom. The molecule has 0 saturated carbocycles. The minimum absolute atomic E-state index is 0.275. The molecular formula is C15H14F5NO4S. The van der Waals surface area contributed by atoms with Gasteiger partial charge in [0.15, 0.2) is 0 Å². The number of rotatable bonds is 4. The van der Waals surface area contributed by atoms with E-state index in [1.807, 2.05) is 6.07 Å². The number of aliphatic hydroxyl groups excluding tert-OH is 1. The van der Waals surface area contributed by atoms with Crippen molar-refractivity contribution in [1.29, 1.82) is 5.26 Å². The molecule has 0 amide bonds. The third-order valence-corrected chi connectivity index (χ3v) is 5.39. The van der Waals surface area contributed by atoms with E-state index in [9.17, 15) is 35.5 Å². The minimum Gasteiger partial charge on any atom is -0.492 e. The fraction of sp³-hybridized carbons (Fsp3) is 0.533. The summed E-state index contributed by atoms with van der Waals surface area (Å²) in [7, 11) is -5.95. The van der Waals surface area contributed by atoms with Crippen LogP contribution < -0.4 is 4.74 Å². The van der Waals surface area contributed by atoms with Gasteiger partial charge in [0.25, 0.3) is 15.8 Å². The number of hydrogen-bond acceptors (Lipinski definition) is 5. The Morgan fingerprint density at radius 1 is 1.35 bits per heavy atom. The molecule has 11 heteroatoms. The Labute approximate surface area is 145 Å². The molecule has 5 nitrogen and oxygen atoms in total. The van der Waals surface area contributed by atoms with Gasteiger partial charge in [-0.15, -0.1) is 0 Å². The van der Waals surface area contributed by atoms with Crippen LogP contribution >= 0.6 is 0 Å². The molecule has 1 atom stereocenters. The average molecular weight is 399 g/mol. The van der Waals surface area contributed by atoms with Gasteiger partial charge < -0.3 is 9.84 Å². The van der Waals surface area contributed by atoms with Crippen LogP contribution in [-0.4, -0.2) is 31.6 Å². The number of nitrogens with zero attached hydrogens (tertiary/aromatic N) is 1. The number of ether oxygens (including phenoxy) is 1. The van der Waals surface area contributed by atoms with Crippen LogP contribution in [0.3, 0.4) is 0 Å². The second-order valence-corrected chi connectivity index (χ2v) is 8.44. The SMILES string of the molecule is CC(C)(C#N)COc1ccc(S(=O)(=O)C(F)(F)F)c2c1CC(F)(F)C2O. The van der Waals surface area contributed by atoms with E-state index in [1.54, 1.807) is 0 Å². The fourth-order valence-electron chi connectivity index (χ4n) is 2.43. The highest BCUT2D eigenvalue weighted by atomic mass is 32.2. The van der Waals surface area contributed by atoms with E-state index < -0.39 is 55.2 Å². The van der Waals surface area contributed by atoms with Crippen molar-refractivity contribution in [3.63, 3.8) is 0 Å². The predicted molar refractivity (Wildman–Crippen MR) is 78.2 cm³/mol. The maximum Gasteiger partial charge on any atom is 0.501 e. The molecular weight excluding hydrogens is 385 g/mol. The highest BCUT2D eigenvalue weighted by Gasteiger charge is 2.55. The molecule has 0 fully saturated rings. The number of benzene rings is 1. The molecule has 0 heterocycles. The first-order valence-electron chi connectivity index (χ1n) is 7.21. The smallest absolute Gasteiger partial charge is 0.492 e. The second kappa shape index (κ2) is 6.06. The van der Waals surface area contributed by atoms with E-state index in [0.29, 0.717) is 6.07 Å². The van der Waals surface area contributed by atoms with Crippen molar-refractivity contribution < 1.29 is 40.2 Å². The summed E-state index contributed by atoms with van der Waals surface area (Å²) in [5.74, 6) is -4.16. The number of sulfone groups is 1. The Bertz CT molecular complexity index is 871. The quantitative estimate of drug-likeness (QED) is 0.786. The van der Waals surface area contributed by atoms with E-state index in [2.05, 4.69) is 0 Å². The summed E-state index contributed by atoms with van der Waals surface area (Å²) in [6.45, 7) is 2.70. The molecule has 2 rings (SSSR count). The first-order chi connectivity index (χ1) is 11.6. The molecule has 1 aliphatic rings. The molecule has 0 bridgehead atoms. The van der Waals surface area contributed by atoms with Crippen LogP contribution in [-0.2, 0) is 16.3 Å². The van der Waals surface area contributed by atoms with Crippen LogP contribution in [0.5, 0.6) is 5.75 Å². The zero-order chi connectivity index (χ0) is 20.1. The third-order valence-electron chi connectivity index (χ3n) is 3.85. The lowest BCUT2D eigenvalue weighted by Gasteiger charge is -2.20. The van der Waals surface area contributed by atoms with Gasteiger partial charge in [-0.05, 0) is 26.0 Å². The van der Waals surface area contributed by atoms with Crippen LogP contribution in [0.2, 0.25) is 0 Å². The van der Waals surface area contributed by atoms with Gasteiger partial charge in [-0.3, -0.25) is 0 Å². The van der Waals surface area contributed by atoms with Crippen LogP contribution in [0, 0.1) is 16.7 Å². The van der Waals surface area contributed by atoms with Crippen LogP contribution in [0.25, 0.3) is 0 Å². The first-order valence-corrected chi connectivity index (χ1v) is 8.69. The lowest BCUT2D eigenvalue weighted by molar-refractivity contribution is -0.0978. The molecule has 26 heavy (non-hydrogen) atoms. The van der Waals surface area contributed by atoms with Gasteiger partial charge in [-0.2, -0.15) is 18.4 Å². The van der Waals surface area contributed by atoms with Crippen molar-refractivity contribution >= 4 is 9.84 Å². The van der Waals surface area contributed by atoms with Crippen molar-refractivity contribution in [3.05, 3.63) is 23.3 Å². The van der Waals surface area contributed by atoms with Crippen molar-refractivity contribution in [2.45, 2.75) is 42.7 Å². The third kappa shape index (κ3) is 3.35. The Balaban J connectivity index is 2.62. The van der Waals surface area contributed by atoms with E-state index >= 15 is 0 Å². The number of alkyl halides is 5. The van der Waals surface area contributed by atoms with Gasteiger partial charge in [0.2, 0.25) is 0 Å². The molecule has 0 aliphatic heterocycles. The normalized spacial score (nSPS) is 19.7. The molecule has 1 aromatic carbocycles. The minimum atomic E-state index is -5.95. The average Bonchev–Trinajstić information content (AvgIpc) is 2.74. The summed E-state index contributed by atoms with van der Waals surface area (Å²) < 4.78 is 94.9. The molecule has 0 radical (unpaired) electrons. The zero-order valence-corrected chi connectivity index (χ0v) is 14.4. The van der Waals surface area contributed by atoms with E-state index in [1.165, 1.54) is 13.8 Å². The molecule has 144 valence electrons. The summed E-state index contributed by atoms with van der Waals surface area (Å²) in [4.78, 5) is -1.43. The number of fused-ring (bicyclic) bond motifs is 1. The summed E-state index contributed by atoms with van der Waals surface area (Å²) >= 11 is 0. The van der Waals surface area contributed by atoms with Crippen molar-refractivity contribution in [1.82, 2.24) is 0 Å². The van der Waals surface area contributed by atoms with Crippen LogP contribution in [0.4, 0.5) is 22.0 Å². The van der Waals surface area contributed by atoms with Gasteiger partial charge >= 0.3 is 5.51 Å². The molecule has 1 N–H and O–H groups in total. The molecule has 0 saturated heterocycles. The topological polar surface area (TPSA) is 87.4 Å². The summed E-state index contributed by atoms with van der Waals surface area (Å²) in [5, 5.41) is 18.7. The molecule has 0 spiro atoms. The fourth-order valence-corrected chi connectivity index (χ4v) is 3.45. The second-order valence-electron chi connectivity index (χ2n) is 6.53. The number of nitriles is 1. The van der Waals surface area contributed by atoms with E-state index in [-0.39, 0.29) is 12.4 Å². The van der Waals surface area contributed by atoms with Crippen molar-refractivity contribution in [2.75, 3.05) is 6.61 Å². The van der Waals surface area contributed by atoms with Crippen LogP contribution in [0.15, 0.2) is 17.0 Å². The lowest BCUT2D eigenvalue weighted by atomic mass is 9.97. The largest absolute Gasteiger partial charge is 0.501 e. The van der Waals surface area contributed by atoms with Crippen molar-refractivity contribution in [3.8, 4) is 11.8 Å². The van der Waals surface area contributed by atoms with Crippen molar-refractivity contribution in [2.24, 2.45) is 5.41 Å². The van der Waals surface area contributed by atoms with E-state index in [4.69, 9.17) is 10.00 Å². The van der Waals surface area contributed by atoms with Gasteiger partial charge in [0, 0.05) is 17.5 Å². The number of halogens is 5. The molecule has 1 aliphatic carbocycles. The Kier molecular flexibility index (Phi) is 4.75. The zero-order valence-electron chi connectivity index (χ0n) is 13.6.